The molecule has 1 aliphatic rings. The summed E-state index contributed by atoms with van der Waals surface area (Å²) in [6, 6.07) is 20.5. The van der Waals surface area contributed by atoms with Crippen molar-refractivity contribution in [2.75, 3.05) is 13.1 Å². The number of benzene rings is 2. The van der Waals surface area contributed by atoms with Crippen LogP contribution in [0.1, 0.15) is 23.2 Å². The van der Waals surface area contributed by atoms with Crippen LogP contribution < -0.4 is 10.5 Å². The molecule has 0 amide bonds. The summed E-state index contributed by atoms with van der Waals surface area (Å²) in [6.45, 7) is 4.84. The first-order valence-electron chi connectivity index (χ1n) is 9.56. The largest absolute Gasteiger partial charge is 0.327 e. The van der Waals surface area contributed by atoms with Gasteiger partial charge >= 0.3 is 0 Å². The van der Waals surface area contributed by atoms with Crippen LogP contribution in [-0.2, 0) is 13.6 Å². The molecule has 1 N–H and O–H groups in total. The SMILES string of the molecule is Cc1c(C[NH+]2CC=C(c3ccccc3)CC2)c(=O)n(-c2ccccc2)n1C. The predicted molar refractivity (Wildman–Crippen MR) is 109 cm³/mol. The molecule has 0 aliphatic carbocycles. The van der Waals surface area contributed by atoms with Crippen molar-refractivity contribution in [2.45, 2.75) is 19.9 Å². The Morgan fingerprint density at radius 1 is 1.00 bits per heavy atom. The zero-order valence-electron chi connectivity index (χ0n) is 16.0. The summed E-state index contributed by atoms with van der Waals surface area (Å²) in [5.41, 5.74) is 5.73. The smallest absolute Gasteiger partial charge is 0.280 e. The van der Waals surface area contributed by atoms with Gasteiger partial charge < -0.3 is 4.90 Å². The number of nitrogens with zero attached hydrogens (tertiary/aromatic N) is 2. The molecule has 1 unspecified atom stereocenters. The first-order valence-corrected chi connectivity index (χ1v) is 9.56. The Balaban J connectivity index is 1.56. The van der Waals surface area contributed by atoms with Crippen LogP contribution in [0.15, 0.2) is 71.5 Å². The third kappa shape index (κ3) is 3.40. The number of hydrogen-bond donors (Lipinski definition) is 1. The van der Waals surface area contributed by atoms with Gasteiger partial charge in [0.25, 0.3) is 5.56 Å². The summed E-state index contributed by atoms with van der Waals surface area (Å²) in [5.74, 6) is 0. The van der Waals surface area contributed by atoms with E-state index < -0.39 is 0 Å². The molecule has 0 fully saturated rings. The first kappa shape index (κ1) is 17.6. The van der Waals surface area contributed by atoms with Gasteiger partial charge in [0.05, 0.1) is 24.3 Å². The lowest BCUT2D eigenvalue weighted by atomic mass is 9.99. The number of hydrogen-bond acceptors (Lipinski definition) is 1. The predicted octanol–water partition coefficient (Wildman–Crippen LogP) is 2.36. The highest BCUT2D eigenvalue weighted by Crippen LogP contribution is 2.18. The van der Waals surface area contributed by atoms with Gasteiger partial charge in [0.2, 0.25) is 0 Å². The lowest BCUT2D eigenvalue weighted by Gasteiger charge is -2.23. The van der Waals surface area contributed by atoms with Gasteiger partial charge in [-0.1, -0.05) is 48.5 Å². The minimum absolute atomic E-state index is 0.103. The molecule has 0 bridgehead atoms. The molecule has 0 saturated carbocycles. The molecule has 138 valence electrons. The molecule has 4 nitrogen and oxygen atoms in total. The number of rotatable bonds is 4. The summed E-state index contributed by atoms with van der Waals surface area (Å²) < 4.78 is 3.75. The van der Waals surface area contributed by atoms with E-state index in [0.717, 1.165) is 43.0 Å². The maximum Gasteiger partial charge on any atom is 0.280 e. The fourth-order valence-electron chi connectivity index (χ4n) is 3.94. The second-order valence-electron chi connectivity index (χ2n) is 7.27. The fourth-order valence-corrected chi connectivity index (χ4v) is 3.94. The van der Waals surface area contributed by atoms with Gasteiger partial charge in [-0.2, -0.15) is 0 Å². The molecule has 0 spiro atoms. The second-order valence-corrected chi connectivity index (χ2v) is 7.27. The van der Waals surface area contributed by atoms with Crippen molar-refractivity contribution in [1.29, 1.82) is 0 Å². The topological polar surface area (TPSA) is 31.4 Å². The number of aromatic nitrogens is 2. The molecule has 4 heteroatoms. The molecular weight excluding hydrogens is 334 g/mol. The first-order chi connectivity index (χ1) is 13.1. The van der Waals surface area contributed by atoms with E-state index in [-0.39, 0.29) is 5.56 Å². The van der Waals surface area contributed by atoms with Crippen molar-refractivity contribution in [2.24, 2.45) is 7.05 Å². The van der Waals surface area contributed by atoms with Crippen LogP contribution in [-0.4, -0.2) is 22.5 Å². The molecule has 0 saturated heterocycles. The van der Waals surface area contributed by atoms with E-state index in [9.17, 15) is 4.79 Å². The lowest BCUT2D eigenvalue weighted by molar-refractivity contribution is -0.909. The van der Waals surface area contributed by atoms with E-state index >= 15 is 0 Å². The molecule has 1 aromatic heterocycles. The number of nitrogens with one attached hydrogen (secondary N) is 1. The molecule has 2 heterocycles. The van der Waals surface area contributed by atoms with Crippen molar-refractivity contribution >= 4 is 5.57 Å². The number of quaternary nitrogens is 1. The molecule has 0 radical (unpaired) electrons. The third-order valence-electron chi connectivity index (χ3n) is 5.63. The third-order valence-corrected chi connectivity index (χ3v) is 5.63. The molecule has 4 rings (SSSR count). The normalized spacial score (nSPS) is 17.0. The second kappa shape index (κ2) is 7.41. The van der Waals surface area contributed by atoms with E-state index in [2.05, 4.69) is 36.4 Å². The van der Waals surface area contributed by atoms with Crippen LogP contribution in [0.25, 0.3) is 11.3 Å². The zero-order chi connectivity index (χ0) is 18.8. The van der Waals surface area contributed by atoms with Gasteiger partial charge in [0.1, 0.15) is 6.54 Å². The summed E-state index contributed by atoms with van der Waals surface area (Å²) in [5, 5.41) is 0. The molecular formula is C23H26N3O+. The van der Waals surface area contributed by atoms with E-state index in [0.29, 0.717) is 0 Å². The quantitative estimate of drug-likeness (QED) is 0.761. The monoisotopic (exact) mass is 360 g/mol. The maximum absolute atomic E-state index is 13.1. The summed E-state index contributed by atoms with van der Waals surface area (Å²) in [6.07, 6.45) is 3.39. The summed E-state index contributed by atoms with van der Waals surface area (Å²) in [7, 11) is 1.96. The van der Waals surface area contributed by atoms with E-state index in [1.165, 1.54) is 16.0 Å². The van der Waals surface area contributed by atoms with Crippen molar-refractivity contribution in [1.82, 2.24) is 9.36 Å². The average Bonchev–Trinajstić information content (AvgIpc) is 2.93. The highest BCUT2D eigenvalue weighted by atomic mass is 16.1. The van der Waals surface area contributed by atoms with E-state index in [1.54, 1.807) is 4.68 Å². The van der Waals surface area contributed by atoms with Crippen LogP contribution in [0, 0.1) is 6.92 Å². The molecule has 3 aromatic rings. The van der Waals surface area contributed by atoms with Crippen molar-refractivity contribution in [3.05, 3.63) is 93.9 Å². The van der Waals surface area contributed by atoms with Gasteiger partial charge in [-0.25, -0.2) is 4.68 Å². The summed E-state index contributed by atoms with van der Waals surface area (Å²) in [4.78, 5) is 14.5. The minimum atomic E-state index is 0.103. The van der Waals surface area contributed by atoms with Crippen molar-refractivity contribution in [3.8, 4) is 5.69 Å². The fraction of sp³-hybridized carbons (Fsp3) is 0.261. The molecule has 2 aromatic carbocycles. The van der Waals surface area contributed by atoms with Crippen molar-refractivity contribution < 1.29 is 4.90 Å². The average molecular weight is 360 g/mol. The van der Waals surface area contributed by atoms with Gasteiger partial charge in [-0.15, -0.1) is 0 Å². The maximum atomic E-state index is 13.1. The van der Waals surface area contributed by atoms with Crippen LogP contribution in [0.4, 0.5) is 0 Å². The Hall–Kier alpha value is -2.85. The van der Waals surface area contributed by atoms with Crippen LogP contribution >= 0.6 is 0 Å². The molecule has 1 atom stereocenters. The van der Waals surface area contributed by atoms with Gasteiger partial charge in [-0.05, 0) is 36.3 Å². The molecule has 1 aliphatic heterocycles. The minimum Gasteiger partial charge on any atom is -0.327 e. The highest BCUT2D eigenvalue weighted by molar-refractivity contribution is 5.65. The Labute approximate surface area is 160 Å². The Kier molecular flexibility index (Phi) is 4.82. The highest BCUT2D eigenvalue weighted by Gasteiger charge is 2.22. The van der Waals surface area contributed by atoms with Crippen molar-refractivity contribution in [3.63, 3.8) is 0 Å². The van der Waals surface area contributed by atoms with Gasteiger partial charge in [0, 0.05) is 19.2 Å². The van der Waals surface area contributed by atoms with Crippen LogP contribution in [0.2, 0.25) is 0 Å². The Morgan fingerprint density at radius 3 is 2.30 bits per heavy atom. The Bertz CT molecular complexity index is 1010. The van der Waals surface area contributed by atoms with Gasteiger partial charge in [0.15, 0.2) is 0 Å². The lowest BCUT2D eigenvalue weighted by Crippen LogP contribution is -3.11. The van der Waals surface area contributed by atoms with E-state index in [4.69, 9.17) is 0 Å². The number of para-hydroxylation sites is 1. The Morgan fingerprint density at radius 2 is 1.67 bits per heavy atom. The van der Waals surface area contributed by atoms with Crippen LogP contribution in [0.3, 0.4) is 0 Å². The standard InChI is InChI=1S/C23H25N3O/c1-18-22(23(27)26(24(18)2)21-11-7-4-8-12-21)17-25-15-13-20(14-16-25)19-9-5-3-6-10-19/h3-13H,14-17H2,1-2H3/p+1. The van der Waals surface area contributed by atoms with E-state index in [1.807, 2.05) is 49.0 Å². The zero-order valence-corrected chi connectivity index (χ0v) is 16.0. The molecule has 27 heavy (non-hydrogen) atoms. The summed E-state index contributed by atoms with van der Waals surface area (Å²) >= 11 is 0. The van der Waals surface area contributed by atoms with Crippen LogP contribution in [0.5, 0.6) is 0 Å². The van der Waals surface area contributed by atoms with Gasteiger partial charge in [-0.3, -0.25) is 9.48 Å².